The van der Waals surface area contributed by atoms with Gasteiger partial charge in [-0.25, -0.2) is 9.59 Å². The lowest BCUT2D eigenvalue weighted by molar-refractivity contribution is -0.131. The zero-order valence-corrected chi connectivity index (χ0v) is 17.8. The number of benzene rings is 2. The molecule has 1 aliphatic heterocycles. The molecule has 9 heteroatoms. The van der Waals surface area contributed by atoms with Crippen molar-refractivity contribution in [1.29, 1.82) is 0 Å². The monoisotopic (exact) mass is 477 g/mol. The third-order valence-electron chi connectivity index (χ3n) is 4.45. The van der Waals surface area contributed by atoms with Crippen molar-refractivity contribution in [2.45, 2.75) is 20.0 Å². The van der Waals surface area contributed by atoms with E-state index < -0.39 is 23.6 Å². The Labute approximate surface area is 181 Å². The minimum atomic E-state index is -1.13. The highest BCUT2D eigenvalue weighted by Crippen LogP contribution is 2.43. The van der Waals surface area contributed by atoms with Crippen LogP contribution >= 0.6 is 15.9 Å². The van der Waals surface area contributed by atoms with E-state index in [1.165, 1.54) is 12.1 Å². The largest absolute Gasteiger partial charge is 0.508 e. The molecule has 3 rings (SSSR count). The molecule has 0 saturated heterocycles. The Balaban J connectivity index is 1.87. The van der Waals surface area contributed by atoms with Gasteiger partial charge >= 0.3 is 12.1 Å². The SMILES string of the molecule is CC(C)(/C=C/C(=O)O)[C@@H](OC(=O)Nc1ccc2c(c1)OCO2)c1cc(Br)ccc1O. The number of ether oxygens (including phenoxy) is 3. The van der Waals surface area contributed by atoms with Gasteiger partial charge in [0.15, 0.2) is 11.5 Å². The molecule has 3 N–H and O–H groups in total. The molecule has 0 unspecified atom stereocenters. The Bertz CT molecular complexity index is 1000. The fourth-order valence-corrected chi connectivity index (χ4v) is 3.33. The highest BCUT2D eigenvalue weighted by molar-refractivity contribution is 9.10. The van der Waals surface area contributed by atoms with Gasteiger partial charge in [0.1, 0.15) is 11.9 Å². The van der Waals surface area contributed by atoms with Crippen LogP contribution in [0.15, 0.2) is 53.0 Å². The lowest BCUT2D eigenvalue weighted by Gasteiger charge is -2.32. The van der Waals surface area contributed by atoms with E-state index in [4.69, 9.17) is 19.3 Å². The first kappa shape index (κ1) is 21.5. The maximum atomic E-state index is 12.6. The summed E-state index contributed by atoms with van der Waals surface area (Å²) in [5, 5.41) is 22.0. The van der Waals surface area contributed by atoms with Crippen LogP contribution in [-0.2, 0) is 9.53 Å². The van der Waals surface area contributed by atoms with Crippen LogP contribution in [0.2, 0.25) is 0 Å². The number of carbonyl (C=O) groups excluding carboxylic acids is 1. The molecule has 8 nitrogen and oxygen atoms in total. The molecule has 0 aromatic heterocycles. The summed E-state index contributed by atoms with van der Waals surface area (Å²) in [6.07, 6.45) is 0.615. The average molecular weight is 478 g/mol. The quantitative estimate of drug-likeness (QED) is 0.509. The third kappa shape index (κ3) is 5.04. The molecule has 2 aromatic carbocycles. The lowest BCUT2D eigenvalue weighted by atomic mass is 9.81. The number of amides is 1. The van der Waals surface area contributed by atoms with Crippen molar-refractivity contribution in [1.82, 2.24) is 0 Å². The number of hydrogen-bond donors (Lipinski definition) is 3. The first-order valence-corrected chi connectivity index (χ1v) is 9.73. The second-order valence-corrected chi connectivity index (χ2v) is 8.09. The number of rotatable bonds is 6. The topological polar surface area (TPSA) is 114 Å². The van der Waals surface area contributed by atoms with Gasteiger partial charge in [-0.2, -0.15) is 0 Å². The number of phenols is 1. The van der Waals surface area contributed by atoms with Gasteiger partial charge < -0.3 is 24.4 Å². The van der Waals surface area contributed by atoms with Crippen LogP contribution in [0.25, 0.3) is 0 Å². The summed E-state index contributed by atoms with van der Waals surface area (Å²) in [6.45, 7) is 3.51. The summed E-state index contributed by atoms with van der Waals surface area (Å²) in [4.78, 5) is 23.6. The van der Waals surface area contributed by atoms with Crippen molar-refractivity contribution in [2.75, 3.05) is 12.1 Å². The van der Waals surface area contributed by atoms with E-state index in [2.05, 4.69) is 21.2 Å². The molecule has 0 radical (unpaired) electrons. The van der Waals surface area contributed by atoms with Gasteiger partial charge in [-0.05, 0) is 30.3 Å². The number of anilines is 1. The molecule has 1 heterocycles. The van der Waals surface area contributed by atoms with Gasteiger partial charge in [-0.3, -0.25) is 5.32 Å². The van der Waals surface area contributed by atoms with Gasteiger partial charge in [-0.1, -0.05) is 35.9 Å². The second-order valence-electron chi connectivity index (χ2n) is 7.17. The van der Waals surface area contributed by atoms with Crippen LogP contribution < -0.4 is 14.8 Å². The van der Waals surface area contributed by atoms with Crippen LogP contribution in [0.3, 0.4) is 0 Å². The molecule has 1 atom stereocenters. The molecule has 2 aromatic rings. The summed E-state index contributed by atoms with van der Waals surface area (Å²) in [7, 11) is 0. The Hall–Kier alpha value is -3.20. The van der Waals surface area contributed by atoms with Gasteiger partial charge in [-0.15, -0.1) is 0 Å². The van der Waals surface area contributed by atoms with Crippen LogP contribution in [0.1, 0.15) is 25.5 Å². The Morgan fingerprint density at radius 3 is 2.67 bits per heavy atom. The highest BCUT2D eigenvalue weighted by Gasteiger charge is 2.34. The standard InChI is InChI=1S/C21H20BrNO7/c1-21(2,8-7-18(25)26)19(14-9-12(22)3-5-15(14)24)30-20(27)23-13-4-6-16-17(10-13)29-11-28-16/h3-10,19,24H,11H2,1-2H3,(H,23,27)(H,25,26)/b8-7+/t19-/m0/s1. The Kier molecular flexibility index (Phi) is 6.21. The van der Waals surface area contributed by atoms with E-state index in [1.54, 1.807) is 44.2 Å². The molecule has 30 heavy (non-hydrogen) atoms. The van der Waals surface area contributed by atoms with Crippen molar-refractivity contribution in [3.05, 3.63) is 58.6 Å². The predicted octanol–water partition coefficient (Wildman–Crippen LogP) is 4.84. The van der Waals surface area contributed by atoms with Gasteiger partial charge in [0.25, 0.3) is 0 Å². The average Bonchev–Trinajstić information content (AvgIpc) is 3.14. The number of carboxylic acids is 1. The maximum Gasteiger partial charge on any atom is 0.412 e. The molecule has 1 amide bonds. The van der Waals surface area contributed by atoms with E-state index in [0.717, 1.165) is 6.08 Å². The number of aliphatic carboxylic acids is 1. The van der Waals surface area contributed by atoms with Crippen LogP contribution in [0, 0.1) is 5.41 Å². The second kappa shape index (κ2) is 8.66. The molecular formula is C21H20BrNO7. The first-order valence-electron chi connectivity index (χ1n) is 8.93. The van der Waals surface area contributed by atoms with Crippen LogP contribution in [0.4, 0.5) is 10.5 Å². The molecule has 0 fully saturated rings. The van der Waals surface area contributed by atoms with Crippen molar-refractivity contribution >= 4 is 33.7 Å². The van der Waals surface area contributed by atoms with E-state index in [-0.39, 0.29) is 12.5 Å². The highest BCUT2D eigenvalue weighted by atomic mass is 79.9. The number of fused-ring (bicyclic) bond motifs is 1. The normalized spacial score (nSPS) is 13.8. The van der Waals surface area contributed by atoms with E-state index in [9.17, 15) is 14.7 Å². The van der Waals surface area contributed by atoms with Crippen molar-refractivity contribution in [3.63, 3.8) is 0 Å². The summed E-state index contributed by atoms with van der Waals surface area (Å²) < 4.78 is 16.8. The summed E-state index contributed by atoms with van der Waals surface area (Å²) >= 11 is 3.34. The smallest absolute Gasteiger partial charge is 0.412 e. The zero-order chi connectivity index (χ0) is 21.9. The number of phenolic OH excluding ortho intramolecular Hbond substituents is 1. The number of nitrogens with one attached hydrogen (secondary N) is 1. The van der Waals surface area contributed by atoms with Crippen molar-refractivity contribution < 1.29 is 34.0 Å². The van der Waals surface area contributed by atoms with Crippen molar-refractivity contribution in [2.24, 2.45) is 5.41 Å². The Morgan fingerprint density at radius 2 is 1.93 bits per heavy atom. The summed E-state index contributed by atoms with van der Waals surface area (Å²) in [5.41, 5.74) is -0.200. The van der Waals surface area contributed by atoms with E-state index in [1.807, 2.05) is 0 Å². The lowest BCUT2D eigenvalue weighted by Crippen LogP contribution is -2.28. The fraction of sp³-hybridized carbons (Fsp3) is 0.238. The fourth-order valence-electron chi connectivity index (χ4n) is 2.95. The minimum absolute atomic E-state index is 0.0871. The van der Waals surface area contributed by atoms with Gasteiger partial charge in [0, 0.05) is 33.3 Å². The Morgan fingerprint density at radius 1 is 1.20 bits per heavy atom. The minimum Gasteiger partial charge on any atom is -0.508 e. The number of carboxylic acid groups (broad SMARTS) is 1. The first-order chi connectivity index (χ1) is 14.2. The maximum absolute atomic E-state index is 12.6. The summed E-state index contributed by atoms with van der Waals surface area (Å²) in [5.74, 6) is -0.148. The number of hydrogen-bond acceptors (Lipinski definition) is 6. The van der Waals surface area contributed by atoms with Crippen molar-refractivity contribution in [3.8, 4) is 17.2 Å². The third-order valence-corrected chi connectivity index (χ3v) is 4.94. The number of aromatic hydroxyl groups is 1. The van der Waals surface area contributed by atoms with E-state index >= 15 is 0 Å². The molecule has 158 valence electrons. The molecule has 0 spiro atoms. The van der Waals surface area contributed by atoms with Crippen LogP contribution in [0.5, 0.6) is 17.2 Å². The molecule has 0 aliphatic carbocycles. The molecular weight excluding hydrogens is 458 g/mol. The molecule has 0 bridgehead atoms. The van der Waals surface area contributed by atoms with Crippen LogP contribution in [-0.4, -0.2) is 29.1 Å². The molecule has 1 aliphatic rings. The number of carbonyl (C=O) groups is 2. The molecule has 0 saturated carbocycles. The van der Waals surface area contributed by atoms with E-state index in [0.29, 0.717) is 27.2 Å². The predicted molar refractivity (Wildman–Crippen MR) is 112 cm³/mol. The summed E-state index contributed by atoms with van der Waals surface area (Å²) in [6, 6.07) is 9.62. The number of halogens is 1. The van der Waals surface area contributed by atoms with Gasteiger partial charge in [0.2, 0.25) is 6.79 Å². The zero-order valence-electron chi connectivity index (χ0n) is 16.2. The van der Waals surface area contributed by atoms with Gasteiger partial charge in [0.05, 0.1) is 0 Å².